The summed E-state index contributed by atoms with van der Waals surface area (Å²) in [7, 11) is 1.19. The lowest BCUT2D eigenvalue weighted by Crippen LogP contribution is -2.44. The fraction of sp³-hybridized carbons (Fsp3) is 0.263. The summed E-state index contributed by atoms with van der Waals surface area (Å²) in [6, 6.07) is 14.3. The standard InChI is InChI=1S/C19H20N2O6/c1-26-19(23)16(11-15-9-5-6-10-17(15)21(24)25)20-18(22)13-27-12-14-7-3-2-4-8-14/h2-10,16H,11-13H2,1H3,(H,20,22)/t16-/m0/s1. The van der Waals surface area contributed by atoms with Crippen molar-refractivity contribution >= 4 is 17.6 Å². The summed E-state index contributed by atoms with van der Waals surface area (Å²) < 4.78 is 10.0. The van der Waals surface area contributed by atoms with Gasteiger partial charge in [-0.05, 0) is 5.56 Å². The number of nitro benzene ring substituents is 1. The highest BCUT2D eigenvalue weighted by Gasteiger charge is 2.25. The minimum absolute atomic E-state index is 0.0613. The molecule has 0 heterocycles. The highest BCUT2D eigenvalue weighted by Crippen LogP contribution is 2.19. The Kier molecular flexibility index (Phi) is 7.45. The van der Waals surface area contributed by atoms with Crippen molar-refractivity contribution in [2.24, 2.45) is 0 Å². The van der Waals surface area contributed by atoms with E-state index in [4.69, 9.17) is 9.47 Å². The van der Waals surface area contributed by atoms with Crippen molar-refractivity contribution in [2.75, 3.05) is 13.7 Å². The first-order chi connectivity index (χ1) is 13.0. The number of amides is 1. The normalized spacial score (nSPS) is 11.4. The Bertz CT molecular complexity index is 794. The summed E-state index contributed by atoms with van der Waals surface area (Å²) in [6.45, 7) is 0.000575. The van der Waals surface area contributed by atoms with Crippen molar-refractivity contribution in [1.82, 2.24) is 5.32 Å². The molecule has 0 saturated heterocycles. The minimum atomic E-state index is -1.05. The first-order valence-corrected chi connectivity index (χ1v) is 8.22. The van der Waals surface area contributed by atoms with Gasteiger partial charge in [0.2, 0.25) is 5.91 Å². The van der Waals surface area contributed by atoms with Gasteiger partial charge in [0, 0.05) is 18.1 Å². The molecule has 27 heavy (non-hydrogen) atoms. The fourth-order valence-corrected chi connectivity index (χ4v) is 2.49. The molecule has 0 aliphatic heterocycles. The molecule has 2 aromatic carbocycles. The highest BCUT2D eigenvalue weighted by molar-refractivity contribution is 5.85. The van der Waals surface area contributed by atoms with E-state index in [1.165, 1.54) is 25.3 Å². The van der Waals surface area contributed by atoms with Crippen LogP contribution in [0, 0.1) is 10.1 Å². The van der Waals surface area contributed by atoms with E-state index in [2.05, 4.69) is 5.32 Å². The maximum absolute atomic E-state index is 12.1. The molecule has 8 heteroatoms. The highest BCUT2D eigenvalue weighted by atomic mass is 16.6. The number of nitrogens with one attached hydrogen (secondary N) is 1. The lowest BCUT2D eigenvalue weighted by atomic mass is 10.0. The fourth-order valence-electron chi connectivity index (χ4n) is 2.49. The van der Waals surface area contributed by atoms with Crippen LogP contribution in [0.3, 0.4) is 0 Å². The molecule has 1 N–H and O–H groups in total. The lowest BCUT2D eigenvalue weighted by Gasteiger charge is -2.16. The number of esters is 1. The molecule has 0 fully saturated rings. The molecule has 8 nitrogen and oxygen atoms in total. The quantitative estimate of drug-likeness (QED) is 0.410. The van der Waals surface area contributed by atoms with Crippen LogP contribution in [0.2, 0.25) is 0 Å². The molecule has 1 amide bonds. The Balaban J connectivity index is 1.97. The number of para-hydroxylation sites is 1. The van der Waals surface area contributed by atoms with Crippen LogP contribution in [0.4, 0.5) is 5.69 Å². The Labute approximate surface area is 156 Å². The number of benzene rings is 2. The van der Waals surface area contributed by atoms with Crippen molar-refractivity contribution < 1.29 is 24.0 Å². The number of carbonyl (C=O) groups is 2. The number of methoxy groups -OCH3 is 1. The number of rotatable bonds is 9. The van der Waals surface area contributed by atoms with E-state index in [1.807, 2.05) is 30.3 Å². The van der Waals surface area contributed by atoms with Crippen LogP contribution in [0.5, 0.6) is 0 Å². The van der Waals surface area contributed by atoms with E-state index >= 15 is 0 Å². The van der Waals surface area contributed by atoms with Crippen LogP contribution in [-0.4, -0.2) is 36.6 Å². The van der Waals surface area contributed by atoms with Gasteiger partial charge in [-0.3, -0.25) is 14.9 Å². The topological polar surface area (TPSA) is 108 Å². The zero-order chi connectivity index (χ0) is 19.6. The molecule has 0 aromatic heterocycles. The van der Waals surface area contributed by atoms with E-state index in [1.54, 1.807) is 6.07 Å². The van der Waals surface area contributed by atoms with Gasteiger partial charge < -0.3 is 14.8 Å². The number of hydrogen-bond donors (Lipinski definition) is 1. The lowest BCUT2D eigenvalue weighted by molar-refractivity contribution is -0.385. The summed E-state index contributed by atoms with van der Waals surface area (Å²) in [5.41, 5.74) is 1.11. The van der Waals surface area contributed by atoms with E-state index < -0.39 is 22.8 Å². The van der Waals surface area contributed by atoms with Gasteiger partial charge in [-0.1, -0.05) is 48.5 Å². The molecular formula is C19H20N2O6. The maximum atomic E-state index is 12.1. The van der Waals surface area contributed by atoms with Crippen LogP contribution in [-0.2, 0) is 32.1 Å². The molecule has 0 aliphatic carbocycles. The zero-order valence-corrected chi connectivity index (χ0v) is 14.8. The van der Waals surface area contributed by atoms with Crippen LogP contribution in [0.15, 0.2) is 54.6 Å². The third-order valence-corrected chi connectivity index (χ3v) is 3.78. The zero-order valence-electron chi connectivity index (χ0n) is 14.8. The monoisotopic (exact) mass is 372 g/mol. The Morgan fingerprint density at radius 3 is 2.44 bits per heavy atom. The molecule has 0 saturated carbocycles. The summed E-state index contributed by atoms with van der Waals surface area (Å²) >= 11 is 0. The maximum Gasteiger partial charge on any atom is 0.328 e. The summed E-state index contributed by atoms with van der Waals surface area (Å²) in [4.78, 5) is 34.7. The van der Waals surface area contributed by atoms with Crippen LogP contribution in [0.25, 0.3) is 0 Å². The molecule has 0 radical (unpaired) electrons. The molecular weight excluding hydrogens is 352 g/mol. The Morgan fingerprint density at radius 1 is 1.11 bits per heavy atom. The van der Waals surface area contributed by atoms with Crippen LogP contribution in [0.1, 0.15) is 11.1 Å². The summed E-state index contributed by atoms with van der Waals surface area (Å²) in [6.07, 6.45) is -0.0613. The third-order valence-electron chi connectivity index (χ3n) is 3.78. The van der Waals surface area contributed by atoms with Gasteiger partial charge in [0.05, 0.1) is 18.6 Å². The van der Waals surface area contributed by atoms with E-state index in [0.717, 1.165) is 5.56 Å². The largest absolute Gasteiger partial charge is 0.467 e. The average molecular weight is 372 g/mol. The van der Waals surface area contributed by atoms with Gasteiger partial charge in [-0.15, -0.1) is 0 Å². The first kappa shape index (κ1) is 20.1. The van der Waals surface area contributed by atoms with E-state index in [9.17, 15) is 19.7 Å². The van der Waals surface area contributed by atoms with E-state index in [0.29, 0.717) is 5.56 Å². The van der Waals surface area contributed by atoms with Gasteiger partial charge >= 0.3 is 5.97 Å². The predicted molar refractivity (Wildman–Crippen MR) is 96.8 cm³/mol. The number of nitro groups is 1. The van der Waals surface area contributed by atoms with Gasteiger partial charge in [0.25, 0.3) is 5.69 Å². The number of nitrogens with zero attached hydrogens (tertiary/aromatic N) is 1. The van der Waals surface area contributed by atoms with E-state index in [-0.39, 0.29) is 25.3 Å². The Hall–Kier alpha value is -3.26. The molecule has 1 atom stereocenters. The van der Waals surface area contributed by atoms with Crippen molar-refractivity contribution in [3.63, 3.8) is 0 Å². The number of carbonyl (C=O) groups excluding carboxylic acids is 2. The molecule has 0 spiro atoms. The number of hydrogen-bond acceptors (Lipinski definition) is 6. The molecule has 0 bridgehead atoms. The van der Waals surface area contributed by atoms with Crippen molar-refractivity contribution in [3.8, 4) is 0 Å². The van der Waals surface area contributed by atoms with Crippen LogP contribution < -0.4 is 5.32 Å². The Morgan fingerprint density at radius 2 is 1.78 bits per heavy atom. The van der Waals surface area contributed by atoms with Gasteiger partial charge in [-0.25, -0.2) is 4.79 Å². The summed E-state index contributed by atoms with van der Waals surface area (Å²) in [5.74, 6) is -1.20. The molecule has 0 aliphatic rings. The van der Waals surface area contributed by atoms with Gasteiger partial charge in [-0.2, -0.15) is 0 Å². The second kappa shape index (κ2) is 10.0. The second-order valence-corrected chi connectivity index (χ2v) is 5.71. The first-order valence-electron chi connectivity index (χ1n) is 8.22. The minimum Gasteiger partial charge on any atom is -0.467 e. The SMILES string of the molecule is COC(=O)[C@H](Cc1ccccc1[N+](=O)[O-])NC(=O)COCc1ccccc1. The van der Waals surface area contributed by atoms with Crippen LogP contribution >= 0.6 is 0 Å². The summed E-state index contributed by atoms with van der Waals surface area (Å²) in [5, 5.41) is 13.6. The van der Waals surface area contributed by atoms with Gasteiger partial charge in [0.15, 0.2) is 0 Å². The molecule has 2 rings (SSSR count). The third kappa shape index (κ3) is 6.19. The van der Waals surface area contributed by atoms with Gasteiger partial charge in [0.1, 0.15) is 12.6 Å². The smallest absolute Gasteiger partial charge is 0.328 e. The van der Waals surface area contributed by atoms with Crippen molar-refractivity contribution in [1.29, 1.82) is 0 Å². The average Bonchev–Trinajstić information content (AvgIpc) is 2.68. The predicted octanol–water partition coefficient (Wildman–Crippen LogP) is 2.01. The second-order valence-electron chi connectivity index (χ2n) is 5.71. The molecule has 142 valence electrons. The number of ether oxygens (including phenoxy) is 2. The molecule has 0 unspecified atom stereocenters. The van der Waals surface area contributed by atoms with Crippen molar-refractivity contribution in [3.05, 3.63) is 75.8 Å². The molecule has 2 aromatic rings. The van der Waals surface area contributed by atoms with Crippen molar-refractivity contribution in [2.45, 2.75) is 19.1 Å².